The maximum atomic E-state index is 12.7. The first-order valence-electron chi connectivity index (χ1n) is 8.01. The molecule has 1 heterocycles. The Morgan fingerprint density at radius 1 is 1.29 bits per heavy atom. The summed E-state index contributed by atoms with van der Waals surface area (Å²) in [5.41, 5.74) is 0. The molecule has 1 aliphatic rings. The fourth-order valence-electron chi connectivity index (χ4n) is 2.83. The van der Waals surface area contributed by atoms with Gasteiger partial charge in [0.1, 0.15) is 6.04 Å². The van der Waals surface area contributed by atoms with Crippen molar-refractivity contribution < 1.29 is 14.3 Å². The monoisotopic (exact) mass is 298 g/mol. The zero-order valence-corrected chi connectivity index (χ0v) is 14.0. The van der Waals surface area contributed by atoms with Crippen LogP contribution in [0.5, 0.6) is 0 Å². The van der Waals surface area contributed by atoms with Crippen LogP contribution in [-0.4, -0.2) is 42.6 Å². The zero-order chi connectivity index (χ0) is 16.0. The summed E-state index contributed by atoms with van der Waals surface area (Å²) in [7, 11) is 1.32. The Morgan fingerprint density at radius 3 is 2.48 bits per heavy atom. The Hall–Kier alpha value is -1.26. The van der Waals surface area contributed by atoms with Gasteiger partial charge in [-0.2, -0.15) is 0 Å². The van der Waals surface area contributed by atoms with Crippen molar-refractivity contribution in [3.8, 4) is 0 Å². The minimum absolute atomic E-state index is 0.0293. The molecular formula is C16H30N2O3. The highest BCUT2D eigenvalue weighted by Gasteiger charge is 2.35. The minimum atomic E-state index is -0.542. The molecule has 2 amide bonds. The molecule has 0 radical (unpaired) electrons. The van der Waals surface area contributed by atoms with E-state index in [-0.39, 0.29) is 11.8 Å². The number of nitrogens with zero attached hydrogens (tertiary/aromatic N) is 1. The predicted octanol–water partition coefficient (Wildman–Crippen LogP) is 2.79. The average molecular weight is 298 g/mol. The van der Waals surface area contributed by atoms with E-state index in [0.29, 0.717) is 12.0 Å². The van der Waals surface area contributed by atoms with Crippen LogP contribution in [0.25, 0.3) is 0 Å². The van der Waals surface area contributed by atoms with Gasteiger partial charge >= 0.3 is 6.09 Å². The van der Waals surface area contributed by atoms with Gasteiger partial charge in [-0.05, 0) is 37.5 Å². The van der Waals surface area contributed by atoms with E-state index in [1.54, 1.807) is 0 Å². The smallest absolute Gasteiger partial charge is 0.407 e. The minimum Gasteiger partial charge on any atom is -0.453 e. The summed E-state index contributed by atoms with van der Waals surface area (Å²) in [6, 6.07) is -0.183. The average Bonchev–Trinajstić information content (AvgIpc) is 2.89. The van der Waals surface area contributed by atoms with Gasteiger partial charge in [-0.25, -0.2) is 4.79 Å². The third-order valence-electron chi connectivity index (χ3n) is 4.13. The van der Waals surface area contributed by atoms with Crippen LogP contribution in [0.3, 0.4) is 0 Å². The summed E-state index contributed by atoms with van der Waals surface area (Å²) < 4.78 is 4.63. The summed E-state index contributed by atoms with van der Waals surface area (Å²) in [6.07, 6.45) is 3.76. The number of alkyl carbamates (subject to hydrolysis) is 1. The zero-order valence-electron chi connectivity index (χ0n) is 14.0. The van der Waals surface area contributed by atoms with Crippen LogP contribution in [0.2, 0.25) is 0 Å². The van der Waals surface area contributed by atoms with Gasteiger partial charge in [0, 0.05) is 12.6 Å². The van der Waals surface area contributed by atoms with Crippen molar-refractivity contribution >= 4 is 12.0 Å². The summed E-state index contributed by atoms with van der Waals surface area (Å²) >= 11 is 0. The molecule has 1 aliphatic heterocycles. The number of rotatable bonds is 6. The number of carbonyl (C=O) groups excluding carboxylic acids is 2. The Bertz CT molecular complexity index is 355. The topological polar surface area (TPSA) is 58.6 Å². The molecule has 0 aromatic heterocycles. The number of ether oxygens (including phenoxy) is 1. The van der Waals surface area contributed by atoms with Crippen molar-refractivity contribution in [2.24, 2.45) is 11.8 Å². The lowest BCUT2D eigenvalue weighted by Crippen LogP contribution is -2.52. The number of amides is 2. The molecule has 21 heavy (non-hydrogen) atoms. The van der Waals surface area contributed by atoms with Crippen LogP contribution in [0.1, 0.15) is 53.4 Å². The molecule has 0 saturated carbocycles. The van der Waals surface area contributed by atoms with Gasteiger partial charge < -0.3 is 15.0 Å². The molecule has 0 bridgehead atoms. The molecule has 0 aromatic rings. The van der Waals surface area contributed by atoms with Crippen molar-refractivity contribution in [3.63, 3.8) is 0 Å². The first kappa shape index (κ1) is 17.8. The Balaban J connectivity index is 2.70. The number of likely N-dealkylation sites (tertiary alicyclic amines) is 1. The van der Waals surface area contributed by atoms with Gasteiger partial charge in [-0.15, -0.1) is 0 Å². The van der Waals surface area contributed by atoms with Crippen LogP contribution in [0.15, 0.2) is 0 Å². The molecule has 5 nitrogen and oxygen atoms in total. The first-order valence-corrected chi connectivity index (χ1v) is 8.01. The van der Waals surface area contributed by atoms with E-state index in [1.165, 1.54) is 7.11 Å². The summed E-state index contributed by atoms with van der Waals surface area (Å²) in [4.78, 5) is 26.1. The molecule has 1 fully saturated rings. The van der Waals surface area contributed by atoms with Crippen molar-refractivity contribution in [1.82, 2.24) is 10.2 Å². The van der Waals surface area contributed by atoms with Crippen LogP contribution in [0.4, 0.5) is 4.79 Å². The molecular weight excluding hydrogens is 268 g/mol. The number of nitrogens with one attached hydrogen (secondary N) is 1. The van der Waals surface area contributed by atoms with Gasteiger partial charge in [-0.3, -0.25) is 4.79 Å². The normalized spacial score (nSPS) is 20.0. The molecule has 122 valence electrons. The van der Waals surface area contributed by atoms with Crippen molar-refractivity contribution in [3.05, 3.63) is 0 Å². The quantitative estimate of drug-likeness (QED) is 0.820. The fraction of sp³-hybridized carbons (Fsp3) is 0.875. The lowest BCUT2D eigenvalue weighted by atomic mass is 9.99. The lowest BCUT2D eigenvalue weighted by molar-refractivity contribution is -0.135. The van der Waals surface area contributed by atoms with E-state index in [4.69, 9.17) is 0 Å². The molecule has 5 heteroatoms. The van der Waals surface area contributed by atoms with E-state index in [9.17, 15) is 9.59 Å². The predicted molar refractivity (Wildman–Crippen MR) is 83.0 cm³/mol. The van der Waals surface area contributed by atoms with Gasteiger partial charge in [0.25, 0.3) is 0 Å². The van der Waals surface area contributed by atoms with Gasteiger partial charge in [0.2, 0.25) is 5.91 Å². The van der Waals surface area contributed by atoms with Gasteiger partial charge in [0.05, 0.1) is 7.11 Å². The number of hydrogen-bond acceptors (Lipinski definition) is 3. The molecule has 2 atom stereocenters. The molecule has 0 aliphatic carbocycles. The van der Waals surface area contributed by atoms with Crippen LogP contribution in [-0.2, 0) is 9.53 Å². The van der Waals surface area contributed by atoms with Gasteiger partial charge in [-0.1, -0.05) is 27.7 Å². The summed E-state index contributed by atoms with van der Waals surface area (Å²) in [5.74, 6) is 0.723. The second-order valence-corrected chi connectivity index (χ2v) is 6.66. The largest absolute Gasteiger partial charge is 0.453 e. The lowest BCUT2D eigenvalue weighted by Gasteiger charge is -2.31. The Kier molecular flexibility index (Phi) is 6.99. The number of methoxy groups -OCH3 is 1. The van der Waals surface area contributed by atoms with Crippen LogP contribution >= 0.6 is 0 Å². The second kappa shape index (κ2) is 8.25. The Labute approximate surface area is 128 Å². The van der Waals surface area contributed by atoms with E-state index in [0.717, 1.165) is 32.2 Å². The molecule has 1 N–H and O–H groups in total. The maximum Gasteiger partial charge on any atom is 0.407 e. The number of hydrogen-bond donors (Lipinski definition) is 1. The summed E-state index contributed by atoms with van der Waals surface area (Å²) in [6.45, 7) is 9.09. The van der Waals surface area contributed by atoms with E-state index in [2.05, 4.69) is 23.9 Å². The summed E-state index contributed by atoms with van der Waals surface area (Å²) in [5, 5.41) is 2.68. The van der Waals surface area contributed by atoms with Gasteiger partial charge in [0.15, 0.2) is 0 Å². The van der Waals surface area contributed by atoms with E-state index < -0.39 is 12.1 Å². The van der Waals surface area contributed by atoms with Crippen LogP contribution < -0.4 is 5.32 Å². The highest BCUT2D eigenvalue weighted by Crippen LogP contribution is 2.25. The SMILES string of the molecule is COC(=O)NC(C(=O)N1CCCC1CCC(C)C)C(C)C. The van der Waals surface area contributed by atoms with Crippen molar-refractivity contribution in [2.45, 2.75) is 65.5 Å². The van der Waals surface area contributed by atoms with E-state index in [1.807, 2.05) is 18.7 Å². The van der Waals surface area contributed by atoms with E-state index >= 15 is 0 Å². The Morgan fingerprint density at radius 2 is 1.95 bits per heavy atom. The molecule has 1 saturated heterocycles. The highest BCUT2D eigenvalue weighted by atomic mass is 16.5. The van der Waals surface area contributed by atoms with Crippen molar-refractivity contribution in [1.29, 1.82) is 0 Å². The maximum absolute atomic E-state index is 12.7. The molecule has 1 rings (SSSR count). The third kappa shape index (κ3) is 5.21. The number of carbonyl (C=O) groups is 2. The molecule has 2 unspecified atom stereocenters. The van der Waals surface area contributed by atoms with Crippen LogP contribution in [0, 0.1) is 11.8 Å². The highest BCUT2D eigenvalue weighted by molar-refractivity contribution is 5.86. The first-order chi connectivity index (χ1) is 9.86. The van der Waals surface area contributed by atoms with Crippen molar-refractivity contribution in [2.75, 3.05) is 13.7 Å². The third-order valence-corrected chi connectivity index (χ3v) is 4.13. The molecule has 0 spiro atoms. The second-order valence-electron chi connectivity index (χ2n) is 6.66. The molecule has 0 aromatic carbocycles. The fourth-order valence-corrected chi connectivity index (χ4v) is 2.83. The standard InChI is InChI=1S/C16H30N2O3/c1-11(2)8-9-13-7-6-10-18(13)15(19)14(12(3)4)17-16(20)21-5/h11-14H,6-10H2,1-5H3,(H,17,20).